The summed E-state index contributed by atoms with van der Waals surface area (Å²) in [5, 5.41) is 1.06. The minimum absolute atomic E-state index is 0.637. The molecule has 1 heterocycles. The minimum Gasteiger partial charge on any atom is -0.383 e. The first-order valence-electron chi connectivity index (χ1n) is 5.94. The summed E-state index contributed by atoms with van der Waals surface area (Å²) in [6.45, 7) is 6.33. The van der Waals surface area contributed by atoms with Crippen LogP contribution in [0.1, 0.15) is 44.5 Å². The van der Waals surface area contributed by atoms with Crippen molar-refractivity contribution in [3.8, 4) is 0 Å². The molecule has 1 rings (SSSR count). The molecule has 0 amide bonds. The fraction of sp³-hybridized carbons (Fsp3) is 0.667. The van der Waals surface area contributed by atoms with Gasteiger partial charge in [-0.1, -0.05) is 20.3 Å². The van der Waals surface area contributed by atoms with Gasteiger partial charge in [0.05, 0.1) is 0 Å². The van der Waals surface area contributed by atoms with Crippen molar-refractivity contribution in [1.82, 2.24) is 9.97 Å². The second-order valence-electron chi connectivity index (χ2n) is 3.91. The molecule has 90 valence electrons. The highest BCUT2D eigenvalue weighted by Gasteiger charge is 2.08. The molecule has 1 aromatic rings. The van der Waals surface area contributed by atoms with Gasteiger partial charge in [0, 0.05) is 12.0 Å². The number of nitrogens with zero attached hydrogens (tertiary/aromatic N) is 2. The van der Waals surface area contributed by atoms with E-state index in [0.717, 1.165) is 35.0 Å². The van der Waals surface area contributed by atoms with Crippen LogP contribution in [-0.2, 0) is 6.42 Å². The van der Waals surface area contributed by atoms with Crippen LogP contribution in [0.3, 0.4) is 0 Å². The van der Waals surface area contributed by atoms with Gasteiger partial charge in [0.1, 0.15) is 16.7 Å². The van der Waals surface area contributed by atoms with Crippen molar-refractivity contribution >= 4 is 17.6 Å². The molecule has 2 N–H and O–H groups in total. The first-order valence-corrected chi connectivity index (χ1v) is 6.93. The quantitative estimate of drug-likeness (QED) is 0.470. The van der Waals surface area contributed by atoms with Gasteiger partial charge in [-0.25, -0.2) is 9.97 Å². The molecule has 16 heavy (non-hydrogen) atoms. The van der Waals surface area contributed by atoms with Crippen LogP contribution < -0.4 is 5.73 Å². The lowest BCUT2D eigenvalue weighted by molar-refractivity contribution is 0.804. The van der Waals surface area contributed by atoms with Crippen molar-refractivity contribution in [2.45, 2.75) is 51.5 Å². The maximum absolute atomic E-state index is 5.89. The lowest BCUT2D eigenvalue weighted by Crippen LogP contribution is -2.04. The van der Waals surface area contributed by atoms with Crippen molar-refractivity contribution in [2.24, 2.45) is 0 Å². The molecule has 0 saturated heterocycles. The third kappa shape index (κ3) is 3.67. The van der Waals surface area contributed by atoms with Gasteiger partial charge in [-0.2, -0.15) is 0 Å². The zero-order chi connectivity index (χ0) is 12.0. The van der Waals surface area contributed by atoms with Crippen LogP contribution in [0.25, 0.3) is 0 Å². The average Bonchev–Trinajstić information content (AvgIpc) is 2.25. The van der Waals surface area contributed by atoms with E-state index in [1.165, 1.54) is 12.8 Å². The van der Waals surface area contributed by atoms with Crippen LogP contribution in [0.15, 0.2) is 5.03 Å². The van der Waals surface area contributed by atoms with Gasteiger partial charge in [-0.15, -0.1) is 11.8 Å². The Morgan fingerprint density at radius 2 is 1.94 bits per heavy atom. The monoisotopic (exact) mass is 239 g/mol. The topological polar surface area (TPSA) is 51.8 Å². The standard InChI is InChI=1S/C12H21N3S/c1-4-6-8-16-12-9(3)11(13)14-10(15-12)7-5-2/h4-8H2,1-3H3,(H2,13,14,15). The summed E-state index contributed by atoms with van der Waals surface area (Å²) in [5.74, 6) is 2.63. The number of nitrogen functional groups attached to an aromatic ring is 1. The first-order chi connectivity index (χ1) is 7.69. The van der Waals surface area contributed by atoms with E-state index in [4.69, 9.17) is 5.73 Å². The fourth-order valence-corrected chi connectivity index (χ4v) is 2.47. The van der Waals surface area contributed by atoms with Gasteiger partial charge in [-0.05, 0) is 25.5 Å². The van der Waals surface area contributed by atoms with Crippen molar-refractivity contribution in [3.05, 3.63) is 11.4 Å². The number of aromatic nitrogens is 2. The van der Waals surface area contributed by atoms with Gasteiger partial charge >= 0.3 is 0 Å². The molecule has 4 heteroatoms. The summed E-state index contributed by atoms with van der Waals surface area (Å²) in [7, 11) is 0. The highest BCUT2D eigenvalue weighted by atomic mass is 32.2. The number of anilines is 1. The Labute approximate surface area is 102 Å². The first kappa shape index (κ1) is 13.3. The molecule has 0 aliphatic heterocycles. The highest BCUT2D eigenvalue weighted by Crippen LogP contribution is 2.24. The molecule has 1 aromatic heterocycles. The van der Waals surface area contributed by atoms with E-state index in [2.05, 4.69) is 23.8 Å². The predicted octanol–water partition coefficient (Wildman–Crippen LogP) is 3.21. The van der Waals surface area contributed by atoms with Crippen molar-refractivity contribution in [1.29, 1.82) is 0 Å². The average molecular weight is 239 g/mol. The van der Waals surface area contributed by atoms with Crippen molar-refractivity contribution in [2.75, 3.05) is 11.5 Å². The van der Waals surface area contributed by atoms with Crippen molar-refractivity contribution < 1.29 is 0 Å². The number of rotatable bonds is 6. The molecule has 3 nitrogen and oxygen atoms in total. The Kier molecular flexibility index (Phi) is 5.60. The van der Waals surface area contributed by atoms with Crippen LogP contribution >= 0.6 is 11.8 Å². The summed E-state index contributed by atoms with van der Waals surface area (Å²) in [4.78, 5) is 8.87. The molecule has 0 aliphatic rings. The molecule has 0 spiro atoms. The van der Waals surface area contributed by atoms with Crippen molar-refractivity contribution in [3.63, 3.8) is 0 Å². The molecule has 0 radical (unpaired) electrons. The van der Waals surface area contributed by atoms with E-state index in [1.54, 1.807) is 11.8 Å². The maximum Gasteiger partial charge on any atom is 0.132 e. The molecular formula is C12H21N3S. The van der Waals surface area contributed by atoms with E-state index in [0.29, 0.717) is 5.82 Å². The van der Waals surface area contributed by atoms with E-state index in [-0.39, 0.29) is 0 Å². The number of hydrogen-bond acceptors (Lipinski definition) is 4. The van der Waals surface area contributed by atoms with E-state index in [1.807, 2.05) is 6.92 Å². The number of thioether (sulfide) groups is 1. The van der Waals surface area contributed by atoms with Crippen LogP contribution in [0, 0.1) is 6.92 Å². The second-order valence-corrected chi connectivity index (χ2v) is 4.99. The zero-order valence-corrected chi connectivity index (χ0v) is 11.2. The maximum atomic E-state index is 5.89. The smallest absolute Gasteiger partial charge is 0.132 e. The summed E-state index contributed by atoms with van der Waals surface area (Å²) in [5.41, 5.74) is 6.92. The normalized spacial score (nSPS) is 10.7. The predicted molar refractivity (Wildman–Crippen MR) is 70.8 cm³/mol. The Morgan fingerprint density at radius 1 is 1.19 bits per heavy atom. The molecule has 0 saturated carbocycles. The molecule has 0 aliphatic carbocycles. The van der Waals surface area contributed by atoms with E-state index < -0.39 is 0 Å². The number of nitrogens with two attached hydrogens (primary N) is 1. The Balaban J connectivity index is 2.79. The third-order valence-corrected chi connectivity index (χ3v) is 3.56. The zero-order valence-electron chi connectivity index (χ0n) is 10.4. The Bertz CT molecular complexity index is 339. The minimum atomic E-state index is 0.637. The van der Waals surface area contributed by atoms with E-state index in [9.17, 15) is 0 Å². The van der Waals surface area contributed by atoms with Gasteiger partial charge in [0.25, 0.3) is 0 Å². The number of hydrogen-bond donors (Lipinski definition) is 1. The van der Waals surface area contributed by atoms with Gasteiger partial charge < -0.3 is 5.73 Å². The summed E-state index contributed by atoms with van der Waals surface area (Å²) in [6.07, 6.45) is 4.40. The summed E-state index contributed by atoms with van der Waals surface area (Å²) < 4.78 is 0. The molecule has 0 aromatic carbocycles. The number of aryl methyl sites for hydroxylation is 1. The summed E-state index contributed by atoms with van der Waals surface area (Å²) >= 11 is 1.79. The second kappa shape index (κ2) is 6.74. The lowest BCUT2D eigenvalue weighted by atomic mass is 10.3. The van der Waals surface area contributed by atoms with Gasteiger partial charge in [0.2, 0.25) is 0 Å². The van der Waals surface area contributed by atoms with E-state index >= 15 is 0 Å². The van der Waals surface area contributed by atoms with Crippen LogP contribution in [-0.4, -0.2) is 15.7 Å². The lowest BCUT2D eigenvalue weighted by Gasteiger charge is -2.08. The number of unbranched alkanes of at least 4 members (excludes halogenated alkanes) is 1. The molecule has 0 unspecified atom stereocenters. The Morgan fingerprint density at radius 3 is 2.56 bits per heavy atom. The molecule has 0 atom stereocenters. The van der Waals surface area contributed by atoms with Crippen LogP contribution in [0.4, 0.5) is 5.82 Å². The Hall–Kier alpha value is -0.770. The van der Waals surface area contributed by atoms with Gasteiger partial charge in [-0.3, -0.25) is 0 Å². The van der Waals surface area contributed by atoms with Crippen LogP contribution in [0.2, 0.25) is 0 Å². The SMILES string of the molecule is CCCCSc1nc(CCC)nc(N)c1C. The third-order valence-electron chi connectivity index (χ3n) is 2.40. The molecular weight excluding hydrogens is 218 g/mol. The van der Waals surface area contributed by atoms with Gasteiger partial charge in [0.15, 0.2) is 0 Å². The molecule has 0 fully saturated rings. The molecule has 0 bridgehead atoms. The highest BCUT2D eigenvalue weighted by molar-refractivity contribution is 7.99. The fourth-order valence-electron chi connectivity index (χ4n) is 1.35. The largest absolute Gasteiger partial charge is 0.383 e. The van der Waals surface area contributed by atoms with Crippen LogP contribution in [0.5, 0.6) is 0 Å². The summed E-state index contributed by atoms with van der Waals surface area (Å²) in [6, 6.07) is 0.